The van der Waals surface area contributed by atoms with Crippen LogP contribution in [0.25, 0.3) is 0 Å². The second kappa shape index (κ2) is 8.99. The molecule has 0 aromatic heterocycles. The largest absolute Gasteiger partial charge is 0.405 e. The van der Waals surface area contributed by atoms with Crippen LogP contribution in [-0.2, 0) is 0 Å². The second-order valence-corrected chi connectivity index (χ2v) is 2.17. The normalized spacial score (nSPS) is 13.1. The minimum Gasteiger partial charge on any atom is -0.405 e. The molecule has 0 aromatic carbocycles. The topological polar surface area (TPSA) is 69.2 Å². The molecule has 0 spiro atoms. The molecule has 0 amide bonds. The number of hydrogen-bond acceptors (Lipinski definition) is 3. The first-order chi connectivity index (χ1) is 6.77. The van der Waals surface area contributed by atoms with Crippen LogP contribution in [0, 0.1) is 10.1 Å². The highest BCUT2D eigenvalue weighted by Crippen LogP contribution is 1.83. The van der Waals surface area contributed by atoms with E-state index in [0.717, 1.165) is 6.20 Å². The lowest BCUT2D eigenvalue weighted by atomic mass is 10.4. The zero-order valence-corrected chi connectivity index (χ0v) is 7.61. The Bertz CT molecular complexity index is 299. The standard InChI is InChI=1S/C10H12N2O2/c11-9-7-5-3-1-2-4-6-8-10-12(13)14/h1-10H,11H2/b2-1+,5-3+,6-4+,9-7+,10-8+. The fourth-order valence-corrected chi connectivity index (χ4v) is 0.569. The Morgan fingerprint density at radius 3 is 1.71 bits per heavy atom. The first-order valence-corrected chi connectivity index (χ1v) is 3.96. The fourth-order valence-electron chi connectivity index (χ4n) is 0.569. The molecule has 0 radical (unpaired) electrons. The SMILES string of the molecule is N/C=C/C=C/C=C/C=C/C=C/[N+](=O)[O-]. The molecule has 14 heavy (non-hydrogen) atoms. The molecule has 0 bridgehead atoms. The van der Waals surface area contributed by atoms with Crippen molar-refractivity contribution < 1.29 is 4.92 Å². The highest BCUT2D eigenvalue weighted by molar-refractivity contribution is 5.17. The number of nitrogens with two attached hydrogens (primary N) is 1. The molecule has 0 aromatic rings. The highest BCUT2D eigenvalue weighted by atomic mass is 16.6. The zero-order valence-electron chi connectivity index (χ0n) is 7.61. The van der Waals surface area contributed by atoms with E-state index in [1.807, 2.05) is 0 Å². The predicted molar refractivity (Wildman–Crippen MR) is 56.9 cm³/mol. The monoisotopic (exact) mass is 192 g/mol. The van der Waals surface area contributed by atoms with Gasteiger partial charge in [-0.3, -0.25) is 10.1 Å². The third-order valence-electron chi connectivity index (χ3n) is 1.10. The summed E-state index contributed by atoms with van der Waals surface area (Å²) in [6.45, 7) is 0. The van der Waals surface area contributed by atoms with Crippen LogP contribution in [-0.4, -0.2) is 4.92 Å². The smallest absolute Gasteiger partial charge is 0.234 e. The average molecular weight is 192 g/mol. The predicted octanol–water partition coefficient (Wildman–Crippen LogP) is 1.92. The summed E-state index contributed by atoms with van der Waals surface area (Å²) in [6.07, 6.45) is 15.7. The maximum absolute atomic E-state index is 9.84. The molecule has 0 atom stereocenters. The lowest BCUT2D eigenvalue weighted by molar-refractivity contribution is -0.402. The van der Waals surface area contributed by atoms with Gasteiger partial charge in [0, 0.05) is 6.08 Å². The number of nitro groups is 1. The minimum absolute atomic E-state index is 0.514. The third kappa shape index (κ3) is 9.90. The molecule has 0 aliphatic heterocycles. The summed E-state index contributed by atoms with van der Waals surface area (Å²) in [5, 5.41) is 9.84. The molecular weight excluding hydrogens is 180 g/mol. The molecule has 0 heterocycles. The van der Waals surface area contributed by atoms with Gasteiger partial charge in [0.1, 0.15) is 0 Å². The van der Waals surface area contributed by atoms with Crippen molar-refractivity contribution in [1.82, 2.24) is 0 Å². The molecule has 0 fully saturated rings. The van der Waals surface area contributed by atoms with Crippen LogP contribution in [0.4, 0.5) is 0 Å². The van der Waals surface area contributed by atoms with Gasteiger partial charge >= 0.3 is 0 Å². The van der Waals surface area contributed by atoms with Crippen LogP contribution in [0.3, 0.4) is 0 Å². The van der Waals surface area contributed by atoms with Crippen LogP contribution < -0.4 is 5.73 Å². The van der Waals surface area contributed by atoms with E-state index in [2.05, 4.69) is 0 Å². The van der Waals surface area contributed by atoms with Crippen molar-refractivity contribution in [2.75, 3.05) is 0 Å². The van der Waals surface area contributed by atoms with Gasteiger partial charge in [-0.05, 0) is 12.3 Å². The Balaban J connectivity index is 3.76. The molecular formula is C10H12N2O2. The van der Waals surface area contributed by atoms with Crippen LogP contribution in [0.2, 0.25) is 0 Å². The van der Waals surface area contributed by atoms with Crippen molar-refractivity contribution in [1.29, 1.82) is 0 Å². The van der Waals surface area contributed by atoms with Gasteiger partial charge in [0.2, 0.25) is 6.20 Å². The van der Waals surface area contributed by atoms with Gasteiger partial charge in [0.15, 0.2) is 0 Å². The molecule has 0 unspecified atom stereocenters. The lowest BCUT2D eigenvalue weighted by Crippen LogP contribution is -1.80. The van der Waals surface area contributed by atoms with Crippen LogP contribution in [0.1, 0.15) is 0 Å². The number of hydrogen-bond donors (Lipinski definition) is 1. The van der Waals surface area contributed by atoms with Gasteiger partial charge in [-0.2, -0.15) is 0 Å². The third-order valence-corrected chi connectivity index (χ3v) is 1.10. The molecule has 0 saturated heterocycles. The maximum atomic E-state index is 9.84. The van der Waals surface area contributed by atoms with Crippen molar-refractivity contribution in [3.05, 3.63) is 71.1 Å². The number of allylic oxidation sites excluding steroid dienone is 8. The van der Waals surface area contributed by atoms with Crippen LogP contribution in [0.15, 0.2) is 61.0 Å². The van der Waals surface area contributed by atoms with Gasteiger partial charge < -0.3 is 5.73 Å². The minimum atomic E-state index is -0.514. The lowest BCUT2D eigenvalue weighted by Gasteiger charge is -1.74. The fraction of sp³-hybridized carbons (Fsp3) is 0. The zero-order chi connectivity index (χ0) is 10.6. The summed E-state index contributed by atoms with van der Waals surface area (Å²) in [7, 11) is 0. The van der Waals surface area contributed by atoms with Gasteiger partial charge in [-0.1, -0.05) is 36.5 Å². The van der Waals surface area contributed by atoms with Gasteiger partial charge in [0.25, 0.3) is 0 Å². The van der Waals surface area contributed by atoms with Crippen molar-refractivity contribution in [3.8, 4) is 0 Å². The van der Waals surface area contributed by atoms with Crippen LogP contribution >= 0.6 is 0 Å². The first kappa shape index (κ1) is 11.9. The van der Waals surface area contributed by atoms with E-state index in [4.69, 9.17) is 5.73 Å². The van der Waals surface area contributed by atoms with Gasteiger partial charge in [0.05, 0.1) is 4.92 Å². The van der Waals surface area contributed by atoms with E-state index >= 15 is 0 Å². The summed E-state index contributed by atoms with van der Waals surface area (Å²) < 4.78 is 0. The summed E-state index contributed by atoms with van der Waals surface area (Å²) in [5.41, 5.74) is 5.09. The molecule has 0 aliphatic rings. The Morgan fingerprint density at radius 1 is 0.857 bits per heavy atom. The molecule has 2 N–H and O–H groups in total. The van der Waals surface area contributed by atoms with E-state index in [1.54, 1.807) is 42.5 Å². The molecule has 0 aliphatic carbocycles. The Labute approximate surface area is 82.6 Å². The number of rotatable bonds is 5. The van der Waals surface area contributed by atoms with Crippen molar-refractivity contribution in [2.24, 2.45) is 5.73 Å². The Hall–Kier alpha value is -2.10. The molecule has 0 saturated carbocycles. The summed E-state index contributed by atoms with van der Waals surface area (Å²) in [5.74, 6) is 0. The van der Waals surface area contributed by atoms with Crippen molar-refractivity contribution in [2.45, 2.75) is 0 Å². The van der Waals surface area contributed by atoms with E-state index in [-0.39, 0.29) is 0 Å². The Morgan fingerprint density at radius 2 is 1.29 bits per heavy atom. The van der Waals surface area contributed by atoms with Crippen molar-refractivity contribution in [3.63, 3.8) is 0 Å². The summed E-state index contributed by atoms with van der Waals surface area (Å²) in [6, 6.07) is 0. The maximum Gasteiger partial charge on any atom is 0.234 e. The molecule has 4 heteroatoms. The van der Waals surface area contributed by atoms with Crippen LogP contribution in [0.5, 0.6) is 0 Å². The first-order valence-electron chi connectivity index (χ1n) is 3.96. The van der Waals surface area contributed by atoms with E-state index < -0.39 is 4.92 Å². The second-order valence-electron chi connectivity index (χ2n) is 2.17. The molecule has 0 rings (SSSR count). The Kier molecular flexibility index (Phi) is 7.64. The average Bonchev–Trinajstić information content (AvgIpc) is 2.15. The molecule has 4 nitrogen and oxygen atoms in total. The quantitative estimate of drug-likeness (QED) is 0.411. The highest BCUT2D eigenvalue weighted by Gasteiger charge is 1.77. The summed E-state index contributed by atoms with van der Waals surface area (Å²) in [4.78, 5) is 9.33. The van der Waals surface area contributed by atoms with Gasteiger partial charge in [-0.25, -0.2) is 0 Å². The number of nitrogens with zero attached hydrogens (tertiary/aromatic N) is 1. The van der Waals surface area contributed by atoms with E-state index in [0.29, 0.717) is 0 Å². The van der Waals surface area contributed by atoms with E-state index in [9.17, 15) is 10.1 Å². The van der Waals surface area contributed by atoms with E-state index in [1.165, 1.54) is 12.3 Å². The van der Waals surface area contributed by atoms with Crippen molar-refractivity contribution >= 4 is 0 Å². The molecule has 74 valence electrons. The van der Waals surface area contributed by atoms with Gasteiger partial charge in [-0.15, -0.1) is 0 Å². The summed E-state index contributed by atoms with van der Waals surface area (Å²) >= 11 is 0.